The van der Waals surface area contributed by atoms with E-state index in [0.29, 0.717) is 28.3 Å². The van der Waals surface area contributed by atoms with Crippen molar-refractivity contribution in [1.82, 2.24) is 10.6 Å². The Balaban J connectivity index is 1.42. The minimum absolute atomic E-state index is 0.0493. The quantitative estimate of drug-likeness (QED) is 0.147. The highest BCUT2D eigenvalue weighted by Crippen LogP contribution is 2.34. The van der Waals surface area contributed by atoms with Gasteiger partial charge in [0.1, 0.15) is 17.7 Å². The number of para-hydroxylation sites is 2. The Labute approximate surface area is 244 Å². The number of carbonyl (C=O) groups excluding carboxylic acids is 3. The smallest absolute Gasteiger partial charge is 0.266 e. The van der Waals surface area contributed by atoms with Gasteiger partial charge in [0.15, 0.2) is 11.7 Å². The average Bonchev–Trinajstić information content (AvgIpc) is 3.17. The van der Waals surface area contributed by atoms with Crippen LogP contribution in [0.2, 0.25) is 0 Å². The lowest BCUT2D eigenvalue weighted by Gasteiger charge is -2.28. The molecule has 0 aliphatic carbocycles. The molecule has 9 nitrogen and oxygen atoms in total. The van der Waals surface area contributed by atoms with Crippen molar-refractivity contribution in [2.75, 3.05) is 23.9 Å². The first-order chi connectivity index (χ1) is 18.6. The lowest BCUT2D eigenvalue weighted by molar-refractivity contribution is -0.123. The van der Waals surface area contributed by atoms with E-state index >= 15 is 0 Å². The van der Waals surface area contributed by atoms with E-state index in [-0.39, 0.29) is 17.4 Å². The average molecular weight is 608 g/mol. The van der Waals surface area contributed by atoms with Crippen LogP contribution in [-0.2, 0) is 4.79 Å². The number of nitrogens with one attached hydrogen (secondary N) is 3. The zero-order valence-electron chi connectivity index (χ0n) is 20.2. The molecule has 0 spiro atoms. The largest absolute Gasteiger partial charge is 0.497 e. The Hall–Kier alpha value is -3.57. The van der Waals surface area contributed by atoms with Crippen LogP contribution >= 0.6 is 47.0 Å². The van der Waals surface area contributed by atoms with Crippen LogP contribution in [0.1, 0.15) is 20.7 Å². The molecular formula is C26H21Cl3N4O5S. The first-order valence-electron chi connectivity index (χ1n) is 11.4. The number of amides is 3. The fourth-order valence-electron chi connectivity index (χ4n) is 3.70. The number of thiocarbonyl (C=S) groups is 1. The molecule has 0 bridgehead atoms. The molecule has 0 radical (unpaired) electrons. The molecule has 3 aromatic carbocycles. The molecule has 0 aromatic heterocycles. The van der Waals surface area contributed by atoms with Crippen LogP contribution in [0.15, 0.2) is 72.8 Å². The van der Waals surface area contributed by atoms with Gasteiger partial charge in [0, 0.05) is 0 Å². The van der Waals surface area contributed by atoms with Crippen LogP contribution < -0.4 is 30.3 Å². The van der Waals surface area contributed by atoms with Gasteiger partial charge in [0.2, 0.25) is 3.79 Å². The predicted molar refractivity (Wildman–Crippen MR) is 154 cm³/mol. The molecule has 1 aliphatic rings. The second-order valence-corrected chi connectivity index (χ2v) is 10.9. The van der Waals surface area contributed by atoms with Crippen molar-refractivity contribution in [3.8, 4) is 11.5 Å². The normalized spacial score (nSPS) is 13.4. The fourth-order valence-corrected chi connectivity index (χ4v) is 4.25. The third-order valence-electron chi connectivity index (χ3n) is 5.52. The molecule has 3 amide bonds. The van der Waals surface area contributed by atoms with Crippen molar-refractivity contribution in [1.29, 1.82) is 0 Å². The van der Waals surface area contributed by atoms with Crippen molar-refractivity contribution < 1.29 is 23.9 Å². The molecule has 1 heterocycles. The van der Waals surface area contributed by atoms with Crippen molar-refractivity contribution in [2.24, 2.45) is 0 Å². The van der Waals surface area contributed by atoms with Crippen LogP contribution in [0, 0.1) is 0 Å². The molecule has 0 fully saturated rings. The van der Waals surface area contributed by atoms with Crippen molar-refractivity contribution in [3.63, 3.8) is 0 Å². The van der Waals surface area contributed by atoms with Crippen molar-refractivity contribution in [2.45, 2.75) is 9.96 Å². The van der Waals surface area contributed by atoms with E-state index in [1.54, 1.807) is 72.8 Å². The third kappa shape index (κ3) is 6.72. The number of halogens is 3. The van der Waals surface area contributed by atoms with E-state index in [2.05, 4.69) is 16.0 Å². The van der Waals surface area contributed by atoms with E-state index in [4.69, 9.17) is 56.5 Å². The van der Waals surface area contributed by atoms with Gasteiger partial charge in [0.25, 0.3) is 17.7 Å². The zero-order chi connectivity index (χ0) is 28.2. The number of alkyl halides is 3. The SMILES string of the molecule is COc1ccc(OCC(=O)N[C@@H](NC(=S)Nc2ccccc2N2C(=O)c3ccccc3C2=O)C(Cl)(Cl)Cl)cc1. The number of anilines is 2. The molecule has 3 aromatic rings. The van der Waals surface area contributed by atoms with Crippen molar-refractivity contribution in [3.05, 3.63) is 83.9 Å². The van der Waals surface area contributed by atoms with Gasteiger partial charge in [-0.25, -0.2) is 4.90 Å². The maximum Gasteiger partial charge on any atom is 0.266 e. The summed E-state index contributed by atoms with van der Waals surface area (Å²) in [6, 6.07) is 19.8. The summed E-state index contributed by atoms with van der Waals surface area (Å²) >= 11 is 23.6. The maximum absolute atomic E-state index is 13.0. The molecule has 13 heteroatoms. The highest BCUT2D eigenvalue weighted by atomic mass is 35.6. The number of ether oxygens (including phenoxy) is 2. The Morgan fingerprint density at radius 2 is 1.46 bits per heavy atom. The number of fused-ring (bicyclic) bond motifs is 1. The molecule has 1 atom stereocenters. The molecule has 0 saturated heterocycles. The number of imide groups is 1. The van der Waals surface area contributed by atoms with Crippen molar-refractivity contribution >= 4 is 81.2 Å². The van der Waals surface area contributed by atoms with E-state index in [9.17, 15) is 14.4 Å². The Kier molecular flexibility index (Phi) is 8.81. The van der Waals surface area contributed by atoms with Crippen LogP contribution in [0.25, 0.3) is 0 Å². The molecule has 3 N–H and O–H groups in total. The Bertz CT molecular complexity index is 1380. The van der Waals surface area contributed by atoms with Gasteiger partial charge in [-0.2, -0.15) is 0 Å². The van der Waals surface area contributed by atoms with E-state index in [1.807, 2.05) is 0 Å². The van der Waals surface area contributed by atoms with Crippen LogP contribution in [0.3, 0.4) is 0 Å². The summed E-state index contributed by atoms with van der Waals surface area (Å²) in [7, 11) is 1.54. The van der Waals surface area contributed by atoms with E-state index in [1.165, 1.54) is 7.11 Å². The van der Waals surface area contributed by atoms with Crippen LogP contribution in [0.4, 0.5) is 11.4 Å². The number of nitrogens with zero attached hydrogens (tertiary/aromatic N) is 1. The first-order valence-corrected chi connectivity index (χ1v) is 12.9. The molecule has 202 valence electrons. The number of rotatable bonds is 8. The van der Waals surface area contributed by atoms with Gasteiger partial charge in [-0.3, -0.25) is 14.4 Å². The lowest BCUT2D eigenvalue weighted by atomic mass is 10.1. The topological polar surface area (TPSA) is 109 Å². The third-order valence-corrected chi connectivity index (χ3v) is 6.40. The van der Waals surface area contributed by atoms with Crippen LogP contribution in [0.5, 0.6) is 11.5 Å². The van der Waals surface area contributed by atoms with Gasteiger partial charge >= 0.3 is 0 Å². The van der Waals surface area contributed by atoms with Crippen LogP contribution in [-0.4, -0.2) is 46.5 Å². The Morgan fingerprint density at radius 1 is 0.897 bits per heavy atom. The summed E-state index contributed by atoms with van der Waals surface area (Å²) < 4.78 is 8.53. The van der Waals surface area contributed by atoms with Gasteiger partial charge in [0.05, 0.1) is 29.6 Å². The summed E-state index contributed by atoms with van der Waals surface area (Å²) in [5, 5.41) is 8.11. The number of carbonyl (C=O) groups is 3. The highest BCUT2D eigenvalue weighted by Gasteiger charge is 2.38. The van der Waals surface area contributed by atoms with E-state index in [0.717, 1.165) is 4.90 Å². The highest BCUT2D eigenvalue weighted by molar-refractivity contribution is 7.80. The van der Waals surface area contributed by atoms with Gasteiger partial charge in [-0.05, 0) is 60.7 Å². The van der Waals surface area contributed by atoms with E-state index < -0.39 is 27.7 Å². The summed E-state index contributed by atoms with van der Waals surface area (Å²) in [5.41, 5.74) is 1.21. The summed E-state index contributed by atoms with van der Waals surface area (Å²) in [5.74, 6) is -0.452. The van der Waals surface area contributed by atoms with Gasteiger partial charge in [-0.15, -0.1) is 0 Å². The number of benzene rings is 3. The maximum atomic E-state index is 13.0. The molecule has 0 unspecified atom stereocenters. The number of hydrogen-bond donors (Lipinski definition) is 3. The second kappa shape index (κ2) is 12.1. The monoisotopic (exact) mass is 606 g/mol. The second-order valence-electron chi connectivity index (χ2n) is 8.11. The summed E-state index contributed by atoms with van der Waals surface area (Å²) in [6.45, 7) is -0.367. The number of hydrogen-bond acceptors (Lipinski definition) is 6. The summed E-state index contributed by atoms with van der Waals surface area (Å²) in [6.07, 6.45) is -1.26. The lowest BCUT2D eigenvalue weighted by Crippen LogP contribution is -2.57. The zero-order valence-corrected chi connectivity index (χ0v) is 23.3. The van der Waals surface area contributed by atoms with Gasteiger partial charge in [-0.1, -0.05) is 59.1 Å². The van der Waals surface area contributed by atoms with Gasteiger partial charge < -0.3 is 25.4 Å². The predicted octanol–water partition coefficient (Wildman–Crippen LogP) is 4.67. The summed E-state index contributed by atoms with van der Waals surface area (Å²) in [4.78, 5) is 39.5. The molecule has 39 heavy (non-hydrogen) atoms. The number of methoxy groups -OCH3 is 1. The first kappa shape index (κ1) is 28.4. The molecule has 1 aliphatic heterocycles. The minimum Gasteiger partial charge on any atom is -0.497 e. The standard InChI is InChI=1S/C26H21Cl3N4O5S/c1-37-15-10-12-16(13-11-15)38-14-21(34)31-24(26(27,28)29)32-25(39)30-19-8-4-5-9-20(19)33-22(35)17-6-2-3-7-18(17)23(33)36/h2-13,24H,14H2,1H3,(H,31,34)(H2,30,32,39)/t24-/m0/s1. The molecular weight excluding hydrogens is 587 g/mol. The Morgan fingerprint density at radius 3 is 2.05 bits per heavy atom. The fraction of sp³-hybridized carbons (Fsp3) is 0.154. The molecule has 4 rings (SSSR count). The minimum atomic E-state index is -2.01. The molecule has 0 saturated carbocycles.